The number of nitrogens with zero attached hydrogens (tertiary/aromatic N) is 1. The first kappa shape index (κ1) is 14.8. The van der Waals surface area contributed by atoms with Crippen LogP contribution in [0.3, 0.4) is 0 Å². The van der Waals surface area contributed by atoms with Crippen molar-refractivity contribution >= 4 is 0 Å². The van der Waals surface area contributed by atoms with E-state index in [4.69, 9.17) is 0 Å². The average molecular weight is 291 g/mol. The molecule has 1 aliphatic rings. The summed E-state index contributed by atoms with van der Waals surface area (Å²) in [5.74, 6) is 6.31. The Hall–Kier alpha value is -2.08. The topological polar surface area (TPSA) is 23.5 Å². The molecule has 0 spiro atoms. The zero-order chi connectivity index (χ0) is 15.6. The standard InChI is InChI=1S/C20H21NO/c1-3-21(4-2)15-9-14-20(22)18-12-7-5-10-16(18)17-11-6-8-13-19(17)20/h5-8,10-13,22H,3-4,15H2,1-2H3. The fourth-order valence-electron chi connectivity index (χ4n) is 3.07. The maximum absolute atomic E-state index is 11.3. The Morgan fingerprint density at radius 2 is 1.41 bits per heavy atom. The van der Waals surface area contributed by atoms with E-state index in [1.54, 1.807) is 0 Å². The normalized spacial score (nSPS) is 14.2. The van der Waals surface area contributed by atoms with E-state index < -0.39 is 5.60 Å². The van der Waals surface area contributed by atoms with Gasteiger partial charge in [-0.25, -0.2) is 0 Å². The first-order valence-corrected chi connectivity index (χ1v) is 7.84. The molecular weight excluding hydrogens is 270 g/mol. The van der Waals surface area contributed by atoms with Crippen molar-refractivity contribution in [1.29, 1.82) is 0 Å². The summed E-state index contributed by atoms with van der Waals surface area (Å²) in [6.45, 7) is 6.87. The number of hydrogen-bond acceptors (Lipinski definition) is 2. The second kappa shape index (κ2) is 5.96. The molecule has 1 N–H and O–H groups in total. The molecule has 0 amide bonds. The minimum absolute atomic E-state index is 0.680. The van der Waals surface area contributed by atoms with Crippen LogP contribution in [-0.2, 0) is 5.60 Å². The molecular formula is C20H21NO. The molecule has 2 aromatic rings. The van der Waals surface area contributed by atoms with Crippen molar-refractivity contribution in [3.05, 3.63) is 59.7 Å². The van der Waals surface area contributed by atoms with Crippen LogP contribution in [0.25, 0.3) is 11.1 Å². The first-order chi connectivity index (χ1) is 10.7. The van der Waals surface area contributed by atoms with Crippen LogP contribution in [0.2, 0.25) is 0 Å². The molecule has 22 heavy (non-hydrogen) atoms. The third-order valence-electron chi connectivity index (χ3n) is 4.39. The molecule has 2 heteroatoms. The molecule has 0 heterocycles. The first-order valence-electron chi connectivity index (χ1n) is 7.84. The van der Waals surface area contributed by atoms with Gasteiger partial charge in [-0.1, -0.05) is 74.2 Å². The van der Waals surface area contributed by atoms with E-state index in [0.29, 0.717) is 6.54 Å². The summed E-state index contributed by atoms with van der Waals surface area (Å²) in [6.07, 6.45) is 0. The fraction of sp³-hybridized carbons (Fsp3) is 0.300. The highest BCUT2D eigenvalue weighted by molar-refractivity contribution is 5.81. The van der Waals surface area contributed by atoms with Crippen LogP contribution < -0.4 is 0 Å². The Morgan fingerprint density at radius 1 is 0.909 bits per heavy atom. The number of hydrogen-bond donors (Lipinski definition) is 1. The highest BCUT2D eigenvalue weighted by atomic mass is 16.3. The minimum Gasteiger partial charge on any atom is -0.369 e. The minimum atomic E-state index is -1.19. The van der Waals surface area contributed by atoms with Gasteiger partial charge in [-0.3, -0.25) is 4.90 Å². The van der Waals surface area contributed by atoms with Crippen molar-refractivity contribution in [1.82, 2.24) is 4.90 Å². The molecule has 2 aromatic carbocycles. The van der Waals surface area contributed by atoms with E-state index in [0.717, 1.165) is 35.3 Å². The van der Waals surface area contributed by atoms with Gasteiger partial charge < -0.3 is 5.11 Å². The van der Waals surface area contributed by atoms with E-state index >= 15 is 0 Å². The maximum Gasteiger partial charge on any atom is 0.178 e. The lowest BCUT2D eigenvalue weighted by Gasteiger charge is -2.19. The van der Waals surface area contributed by atoms with Crippen LogP contribution >= 0.6 is 0 Å². The van der Waals surface area contributed by atoms with Crippen molar-refractivity contribution in [2.75, 3.05) is 19.6 Å². The van der Waals surface area contributed by atoms with Crippen molar-refractivity contribution in [2.45, 2.75) is 19.4 Å². The van der Waals surface area contributed by atoms with E-state index in [2.05, 4.69) is 42.7 Å². The van der Waals surface area contributed by atoms with E-state index in [1.807, 2.05) is 36.4 Å². The third kappa shape index (κ3) is 2.33. The molecule has 0 bridgehead atoms. The monoisotopic (exact) mass is 291 g/mol. The molecule has 0 atom stereocenters. The van der Waals surface area contributed by atoms with Crippen LogP contribution in [0.5, 0.6) is 0 Å². The van der Waals surface area contributed by atoms with E-state index in [-0.39, 0.29) is 0 Å². The predicted molar refractivity (Wildman–Crippen MR) is 90.4 cm³/mol. The van der Waals surface area contributed by atoms with Gasteiger partial charge in [0.2, 0.25) is 0 Å². The summed E-state index contributed by atoms with van der Waals surface area (Å²) in [5.41, 5.74) is 2.75. The van der Waals surface area contributed by atoms with Crippen molar-refractivity contribution in [3.63, 3.8) is 0 Å². The Morgan fingerprint density at radius 3 is 1.91 bits per heavy atom. The molecule has 0 fully saturated rings. The number of benzene rings is 2. The molecule has 3 rings (SSSR count). The Labute approximate surface area is 132 Å². The summed E-state index contributed by atoms with van der Waals surface area (Å²) in [7, 11) is 0. The summed E-state index contributed by atoms with van der Waals surface area (Å²) in [6, 6.07) is 16.0. The fourth-order valence-corrected chi connectivity index (χ4v) is 3.07. The van der Waals surface area contributed by atoms with Crippen LogP contribution in [0.4, 0.5) is 0 Å². The van der Waals surface area contributed by atoms with Gasteiger partial charge in [0.15, 0.2) is 5.60 Å². The largest absolute Gasteiger partial charge is 0.369 e. The summed E-state index contributed by atoms with van der Waals surface area (Å²) < 4.78 is 0. The Balaban J connectivity index is 2.04. The van der Waals surface area contributed by atoms with Gasteiger partial charge in [-0.05, 0) is 24.2 Å². The van der Waals surface area contributed by atoms with E-state index in [1.165, 1.54) is 0 Å². The van der Waals surface area contributed by atoms with Crippen LogP contribution in [0, 0.1) is 11.8 Å². The molecule has 0 saturated carbocycles. The van der Waals surface area contributed by atoms with Crippen LogP contribution in [0.15, 0.2) is 48.5 Å². The van der Waals surface area contributed by atoms with Gasteiger partial charge in [-0.15, -0.1) is 0 Å². The average Bonchev–Trinajstić information content (AvgIpc) is 2.82. The Kier molecular flexibility index (Phi) is 4.02. The lowest BCUT2D eigenvalue weighted by molar-refractivity contribution is 0.150. The predicted octanol–water partition coefficient (Wildman–Crippen LogP) is 3.25. The maximum atomic E-state index is 11.3. The molecule has 112 valence electrons. The number of aliphatic hydroxyl groups is 1. The molecule has 1 aliphatic carbocycles. The summed E-state index contributed by atoms with van der Waals surface area (Å²) in [4.78, 5) is 2.24. The molecule has 0 aromatic heterocycles. The SMILES string of the molecule is CCN(CC)CC#CC1(O)c2ccccc2-c2ccccc21. The van der Waals surface area contributed by atoms with Gasteiger partial charge in [0.25, 0.3) is 0 Å². The second-order valence-corrected chi connectivity index (χ2v) is 5.56. The zero-order valence-corrected chi connectivity index (χ0v) is 13.1. The van der Waals surface area contributed by atoms with E-state index in [9.17, 15) is 5.11 Å². The molecule has 0 aliphatic heterocycles. The summed E-state index contributed by atoms with van der Waals surface area (Å²) in [5, 5.41) is 11.3. The Bertz CT molecular complexity index is 689. The van der Waals surface area contributed by atoms with Gasteiger partial charge in [0, 0.05) is 11.1 Å². The number of rotatable bonds is 3. The van der Waals surface area contributed by atoms with Gasteiger partial charge >= 0.3 is 0 Å². The highest BCUT2D eigenvalue weighted by Crippen LogP contribution is 2.46. The van der Waals surface area contributed by atoms with Crippen LogP contribution in [-0.4, -0.2) is 29.6 Å². The molecule has 0 saturated heterocycles. The van der Waals surface area contributed by atoms with Crippen molar-refractivity contribution in [3.8, 4) is 23.0 Å². The molecule has 0 unspecified atom stereocenters. The highest BCUT2D eigenvalue weighted by Gasteiger charge is 2.39. The lowest BCUT2D eigenvalue weighted by Crippen LogP contribution is -2.25. The molecule has 0 radical (unpaired) electrons. The van der Waals surface area contributed by atoms with Crippen molar-refractivity contribution < 1.29 is 5.11 Å². The lowest BCUT2D eigenvalue weighted by atomic mass is 9.92. The number of fused-ring (bicyclic) bond motifs is 3. The van der Waals surface area contributed by atoms with Gasteiger partial charge in [-0.2, -0.15) is 0 Å². The summed E-state index contributed by atoms with van der Waals surface area (Å²) >= 11 is 0. The van der Waals surface area contributed by atoms with Gasteiger partial charge in [0.1, 0.15) is 0 Å². The smallest absolute Gasteiger partial charge is 0.178 e. The quantitative estimate of drug-likeness (QED) is 0.878. The van der Waals surface area contributed by atoms with Gasteiger partial charge in [0.05, 0.1) is 6.54 Å². The van der Waals surface area contributed by atoms with Crippen LogP contribution in [0.1, 0.15) is 25.0 Å². The second-order valence-electron chi connectivity index (χ2n) is 5.56. The zero-order valence-electron chi connectivity index (χ0n) is 13.1. The van der Waals surface area contributed by atoms with Crippen molar-refractivity contribution in [2.24, 2.45) is 0 Å². The third-order valence-corrected chi connectivity index (χ3v) is 4.39. The molecule has 2 nitrogen and oxygen atoms in total.